The van der Waals surface area contributed by atoms with Crippen LogP contribution in [0, 0.1) is 0 Å². The minimum absolute atomic E-state index is 0.00734. The first kappa shape index (κ1) is 25.2. The molecule has 0 aliphatic carbocycles. The first-order valence-electron chi connectivity index (χ1n) is 10.2. The van der Waals surface area contributed by atoms with Gasteiger partial charge < -0.3 is 25.6 Å². The second-order valence-corrected chi connectivity index (χ2v) is 9.87. The van der Waals surface area contributed by atoms with E-state index in [0.717, 1.165) is 5.69 Å². The molecule has 0 bridgehead atoms. The van der Waals surface area contributed by atoms with Crippen LogP contribution >= 0.6 is 35.0 Å². The van der Waals surface area contributed by atoms with Crippen LogP contribution in [-0.2, 0) is 4.74 Å². The summed E-state index contributed by atoms with van der Waals surface area (Å²) < 4.78 is 5.45. The molecule has 9 nitrogen and oxygen atoms in total. The topological polar surface area (TPSA) is 114 Å². The zero-order valence-electron chi connectivity index (χ0n) is 18.8. The Bertz CT molecular complexity index is 1060. The van der Waals surface area contributed by atoms with E-state index in [1.165, 1.54) is 11.8 Å². The molecule has 2 amide bonds. The molecule has 33 heavy (non-hydrogen) atoms. The van der Waals surface area contributed by atoms with E-state index < -0.39 is 11.5 Å². The first-order valence-corrected chi connectivity index (χ1v) is 12.2. The standard InChI is InChI=1S/C21H26Cl2N6O3S/c1-21(2,3)32-20(31)29-9-7-28(8-10-29)14-6-5-12(11-13(14)22)25-18-15(17(24)30)16(23)26-19(27-18)33-4/h5-6,11H,7-10H2,1-4H3,(H2,24,30)(H,25,26,27). The van der Waals surface area contributed by atoms with Crippen LogP contribution < -0.4 is 16.0 Å². The van der Waals surface area contributed by atoms with Gasteiger partial charge in [0.1, 0.15) is 22.1 Å². The fraction of sp³-hybridized carbons (Fsp3) is 0.429. The quantitative estimate of drug-likeness (QED) is 0.344. The number of benzene rings is 1. The summed E-state index contributed by atoms with van der Waals surface area (Å²) in [6, 6.07) is 5.42. The lowest BCUT2D eigenvalue weighted by molar-refractivity contribution is 0.0240. The maximum absolute atomic E-state index is 12.3. The molecule has 1 aromatic carbocycles. The lowest BCUT2D eigenvalue weighted by atomic mass is 10.2. The molecule has 0 radical (unpaired) electrons. The summed E-state index contributed by atoms with van der Waals surface area (Å²) in [5.74, 6) is -0.526. The third kappa shape index (κ3) is 6.33. The van der Waals surface area contributed by atoms with Crippen molar-refractivity contribution in [3.05, 3.63) is 33.9 Å². The molecule has 1 aromatic heterocycles. The van der Waals surface area contributed by atoms with E-state index in [4.69, 9.17) is 33.7 Å². The maximum Gasteiger partial charge on any atom is 0.410 e. The number of carbonyl (C=O) groups excluding carboxylic acids is 2. The molecule has 0 saturated carbocycles. The Kier molecular flexibility index (Phi) is 7.81. The third-order valence-corrected chi connectivity index (χ3v) is 5.88. The van der Waals surface area contributed by atoms with Gasteiger partial charge in [0.05, 0.1) is 10.7 Å². The molecule has 1 aliphatic heterocycles. The number of nitrogens with two attached hydrogens (primary N) is 1. The van der Waals surface area contributed by atoms with Crippen molar-refractivity contribution in [2.45, 2.75) is 31.5 Å². The average molecular weight is 513 g/mol. The normalized spacial score (nSPS) is 14.2. The van der Waals surface area contributed by atoms with Gasteiger partial charge in [0.2, 0.25) is 0 Å². The lowest BCUT2D eigenvalue weighted by Gasteiger charge is -2.37. The zero-order chi connectivity index (χ0) is 24.3. The monoisotopic (exact) mass is 512 g/mol. The van der Waals surface area contributed by atoms with E-state index in [1.807, 2.05) is 32.9 Å². The third-order valence-electron chi connectivity index (χ3n) is 4.76. The second kappa shape index (κ2) is 10.2. The van der Waals surface area contributed by atoms with Gasteiger partial charge >= 0.3 is 6.09 Å². The van der Waals surface area contributed by atoms with Crippen molar-refractivity contribution in [3.63, 3.8) is 0 Å². The van der Waals surface area contributed by atoms with Crippen molar-refractivity contribution in [1.82, 2.24) is 14.9 Å². The van der Waals surface area contributed by atoms with Crippen LogP contribution in [0.1, 0.15) is 31.1 Å². The number of halogens is 2. The van der Waals surface area contributed by atoms with Crippen molar-refractivity contribution < 1.29 is 14.3 Å². The Morgan fingerprint density at radius 3 is 2.36 bits per heavy atom. The number of hydrogen-bond donors (Lipinski definition) is 2. The number of carbonyl (C=O) groups is 2. The fourth-order valence-corrected chi connectivity index (χ4v) is 4.23. The predicted octanol–water partition coefficient (Wildman–Crippen LogP) is 4.40. The highest BCUT2D eigenvalue weighted by Gasteiger charge is 2.27. The number of anilines is 3. The Hall–Kier alpha value is -2.43. The maximum atomic E-state index is 12.3. The Balaban J connectivity index is 1.73. The highest BCUT2D eigenvalue weighted by atomic mass is 35.5. The average Bonchev–Trinajstić information content (AvgIpc) is 2.72. The summed E-state index contributed by atoms with van der Waals surface area (Å²) in [6.07, 6.45) is 1.49. The Morgan fingerprint density at radius 2 is 1.82 bits per heavy atom. The van der Waals surface area contributed by atoms with Crippen molar-refractivity contribution in [1.29, 1.82) is 0 Å². The smallest absolute Gasteiger partial charge is 0.410 e. The molecule has 0 atom stereocenters. The number of nitrogens with zero attached hydrogens (tertiary/aromatic N) is 4. The number of primary amides is 1. The molecule has 3 rings (SSSR count). The molecular formula is C21H26Cl2N6O3S. The van der Waals surface area contributed by atoms with Gasteiger partial charge in [-0.05, 0) is 45.2 Å². The molecular weight excluding hydrogens is 487 g/mol. The van der Waals surface area contributed by atoms with Crippen LogP contribution in [0.3, 0.4) is 0 Å². The molecule has 3 N–H and O–H groups in total. The number of aromatic nitrogens is 2. The van der Waals surface area contributed by atoms with Crippen LogP contribution in [0.2, 0.25) is 10.2 Å². The van der Waals surface area contributed by atoms with E-state index in [-0.39, 0.29) is 22.6 Å². The van der Waals surface area contributed by atoms with Crippen LogP contribution in [-0.4, -0.2) is 64.9 Å². The van der Waals surface area contributed by atoms with Crippen LogP contribution in [0.4, 0.5) is 22.0 Å². The van der Waals surface area contributed by atoms with Crippen molar-refractivity contribution in [3.8, 4) is 0 Å². The number of rotatable bonds is 5. The predicted molar refractivity (Wildman–Crippen MR) is 132 cm³/mol. The van der Waals surface area contributed by atoms with Gasteiger partial charge in [-0.15, -0.1) is 0 Å². The SMILES string of the molecule is CSc1nc(Cl)c(C(N)=O)c(Nc2ccc(N3CCN(C(=O)OC(C)(C)C)CC3)c(Cl)c2)n1. The van der Waals surface area contributed by atoms with Gasteiger partial charge in [-0.25, -0.2) is 14.8 Å². The number of ether oxygens (including phenoxy) is 1. The molecule has 1 saturated heterocycles. The molecule has 2 heterocycles. The molecule has 1 fully saturated rings. The van der Waals surface area contributed by atoms with E-state index >= 15 is 0 Å². The second-order valence-electron chi connectivity index (χ2n) is 8.33. The minimum atomic E-state index is -0.735. The van der Waals surface area contributed by atoms with E-state index in [9.17, 15) is 9.59 Å². The largest absolute Gasteiger partial charge is 0.444 e. The van der Waals surface area contributed by atoms with Gasteiger partial charge in [0.15, 0.2) is 5.16 Å². The molecule has 12 heteroatoms. The molecule has 0 spiro atoms. The van der Waals surface area contributed by atoms with Crippen molar-refractivity contribution in [2.75, 3.05) is 42.7 Å². The summed E-state index contributed by atoms with van der Waals surface area (Å²) in [7, 11) is 0. The number of amides is 2. The van der Waals surface area contributed by atoms with Crippen molar-refractivity contribution in [2.24, 2.45) is 5.73 Å². The van der Waals surface area contributed by atoms with E-state index in [2.05, 4.69) is 20.2 Å². The summed E-state index contributed by atoms with van der Waals surface area (Å²) >= 11 is 14.0. The molecule has 1 aliphatic rings. The highest BCUT2D eigenvalue weighted by molar-refractivity contribution is 7.98. The summed E-state index contributed by atoms with van der Waals surface area (Å²) in [6.45, 7) is 7.85. The van der Waals surface area contributed by atoms with Gasteiger partial charge in [0.25, 0.3) is 5.91 Å². The van der Waals surface area contributed by atoms with Gasteiger partial charge in [-0.3, -0.25) is 4.79 Å². The van der Waals surface area contributed by atoms with Crippen molar-refractivity contribution >= 4 is 64.2 Å². The Labute approximate surface area is 207 Å². The highest BCUT2D eigenvalue weighted by Crippen LogP contribution is 2.32. The summed E-state index contributed by atoms with van der Waals surface area (Å²) in [5.41, 5.74) is 6.39. The number of thioether (sulfide) groups is 1. The Morgan fingerprint density at radius 1 is 1.15 bits per heavy atom. The van der Waals surface area contributed by atoms with Gasteiger partial charge in [-0.1, -0.05) is 35.0 Å². The van der Waals surface area contributed by atoms with E-state index in [1.54, 1.807) is 17.2 Å². The summed E-state index contributed by atoms with van der Waals surface area (Å²) in [4.78, 5) is 36.3. The number of piperazine rings is 1. The van der Waals surface area contributed by atoms with Gasteiger partial charge in [0, 0.05) is 31.9 Å². The number of nitrogens with one attached hydrogen (secondary N) is 1. The van der Waals surface area contributed by atoms with E-state index in [0.29, 0.717) is 42.0 Å². The van der Waals surface area contributed by atoms with Crippen LogP contribution in [0.5, 0.6) is 0 Å². The number of hydrogen-bond acceptors (Lipinski definition) is 8. The lowest BCUT2D eigenvalue weighted by Crippen LogP contribution is -2.50. The fourth-order valence-electron chi connectivity index (χ4n) is 3.25. The molecule has 0 unspecified atom stereocenters. The minimum Gasteiger partial charge on any atom is -0.444 e. The first-order chi connectivity index (χ1) is 15.5. The van der Waals surface area contributed by atoms with Gasteiger partial charge in [-0.2, -0.15) is 0 Å². The molecule has 178 valence electrons. The zero-order valence-corrected chi connectivity index (χ0v) is 21.1. The summed E-state index contributed by atoms with van der Waals surface area (Å²) in [5, 5.41) is 3.96. The van der Waals surface area contributed by atoms with Crippen LogP contribution in [0.25, 0.3) is 0 Å². The molecule has 2 aromatic rings. The van der Waals surface area contributed by atoms with Crippen LogP contribution in [0.15, 0.2) is 23.4 Å².